The number of benzene rings is 1. The molecule has 0 bridgehead atoms. The van der Waals surface area contributed by atoms with Crippen molar-refractivity contribution in [3.63, 3.8) is 0 Å². The van der Waals surface area contributed by atoms with E-state index in [0.29, 0.717) is 29.6 Å². The lowest BCUT2D eigenvalue weighted by Crippen LogP contribution is -2.40. The number of aliphatic hydroxyl groups excluding tert-OH is 1. The molecule has 3 N–H and O–H groups in total. The molecule has 1 rings (SSSR count). The summed E-state index contributed by atoms with van der Waals surface area (Å²) < 4.78 is 15.9. The van der Waals surface area contributed by atoms with E-state index in [2.05, 4.69) is 15.6 Å². The van der Waals surface area contributed by atoms with Gasteiger partial charge in [0.05, 0.1) is 32.5 Å². The minimum absolute atomic E-state index is 0. The van der Waals surface area contributed by atoms with Crippen LogP contribution >= 0.6 is 24.0 Å². The molecule has 1 atom stereocenters. The molecule has 0 saturated carbocycles. The van der Waals surface area contributed by atoms with Gasteiger partial charge in [0.25, 0.3) is 0 Å². The summed E-state index contributed by atoms with van der Waals surface area (Å²) in [7, 11) is 4.82. The number of nitrogens with one attached hydrogen (secondary N) is 2. The molecule has 0 radical (unpaired) electrons. The van der Waals surface area contributed by atoms with Gasteiger partial charge in [0.2, 0.25) is 0 Å². The van der Waals surface area contributed by atoms with Crippen molar-refractivity contribution in [1.82, 2.24) is 10.6 Å². The van der Waals surface area contributed by atoms with E-state index in [0.717, 1.165) is 6.54 Å². The topological polar surface area (TPSA) is 84.3 Å². The molecule has 1 aromatic rings. The van der Waals surface area contributed by atoms with Crippen LogP contribution < -0.4 is 20.1 Å². The highest BCUT2D eigenvalue weighted by Crippen LogP contribution is 2.29. The van der Waals surface area contributed by atoms with Gasteiger partial charge in [0, 0.05) is 25.8 Å². The van der Waals surface area contributed by atoms with Crippen LogP contribution in [0.3, 0.4) is 0 Å². The Balaban J connectivity index is 0.00000625. The van der Waals surface area contributed by atoms with Crippen molar-refractivity contribution in [2.75, 3.05) is 41.0 Å². The normalized spacial score (nSPS) is 12.8. The molecule has 0 aliphatic rings. The molecule has 0 aromatic heterocycles. The summed E-state index contributed by atoms with van der Waals surface area (Å²) >= 11 is 0. The molecule has 7 nitrogen and oxygen atoms in total. The van der Waals surface area contributed by atoms with E-state index >= 15 is 0 Å². The first-order valence-corrected chi connectivity index (χ1v) is 8.34. The first-order valence-electron chi connectivity index (χ1n) is 8.34. The van der Waals surface area contributed by atoms with E-state index in [1.165, 1.54) is 0 Å². The van der Waals surface area contributed by atoms with Gasteiger partial charge in [-0.3, -0.25) is 4.99 Å². The van der Waals surface area contributed by atoms with Crippen molar-refractivity contribution >= 4 is 29.9 Å². The van der Waals surface area contributed by atoms with Crippen LogP contribution in [-0.4, -0.2) is 57.6 Å². The maximum atomic E-state index is 10.5. The average molecular weight is 481 g/mol. The summed E-state index contributed by atoms with van der Waals surface area (Å²) in [5.74, 6) is 1.89. The number of rotatable bonds is 9. The van der Waals surface area contributed by atoms with Gasteiger partial charge in [-0.05, 0) is 39.0 Å². The quantitative estimate of drug-likeness (QED) is 0.285. The predicted molar refractivity (Wildman–Crippen MR) is 115 cm³/mol. The molecule has 1 unspecified atom stereocenters. The van der Waals surface area contributed by atoms with Crippen LogP contribution in [0.5, 0.6) is 11.5 Å². The fourth-order valence-electron chi connectivity index (χ4n) is 2.08. The average Bonchev–Trinajstić information content (AvgIpc) is 2.63. The summed E-state index contributed by atoms with van der Waals surface area (Å²) in [6.45, 7) is 7.42. The molecule has 26 heavy (non-hydrogen) atoms. The minimum atomic E-state index is -0.774. The van der Waals surface area contributed by atoms with Crippen LogP contribution in [0.1, 0.15) is 32.4 Å². The third-order valence-corrected chi connectivity index (χ3v) is 3.77. The Morgan fingerprint density at radius 3 is 2.42 bits per heavy atom. The van der Waals surface area contributed by atoms with Crippen LogP contribution in [0.4, 0.5) is 0 Å². The zero-order valence-electron chi connectivity index (χ0n) is 16.5. The molecule has 8 heteroatoms. The van der Waals surface area contributed by atoms with Crippen LogP contribution in [0.2, 0.25) is 0 Å². The second kappa shape index (κ2) is 12.2. The van der Waals surface area contributed by atoms with Gasteiger partial charge in [-0.15, -0.1) is 24.0 Å². The van der Waals surface area contributed by atoms with Crippen molar-refractivity contribution in [2.45, 2.75) is 32.5 Å². The molecule has 150 valence electrons. The number of halogens is 1. The fourth-order valence-corrected chi connectivity index (χ4v) is 2.08. The zero-order valence-corrected chi connectivity index (χ0v) is 18.8. The molecule has 0 aliphatic carbocycles. The number of aliphatic imine (C=N–C) groups is 1. The number of nitrogens with zero attached hydrogens (tertiary/aromatic N) is 1. The van der Waals surface area contributed by atoms with Gasteiger partial charge in [-0.1, -0.05) is 0 Å². The summed E-state index contributed by atoms with van der Waals surface area (Å²) in [4.78, 5) is 4.50. The predicted octanol–water partition coefficient (Wildman–Crippen LogP) is 2.34. The van der Waals surface area contributed by atoms with Crippen molar-refractivity contribution < 1.29 is 19.3 Å². The van der Waals surface area contributed by atoms with E-state index < -0.39 is 6.10 Å². The Morgan fingerprint density at radius 1 is 1.19 bits per heavy atom. The molecular formula is C18H32IN3O4. The molecule has 0 aliphatic heterocycles. The largest absolute Gasteiger partial charge is 0.497 e. The third kappa shape index (κ3) is 7.96. The van der Waals surface area contributed by atoms with Gasteiger partial charge < -0.3 is 30.0 Å². The molecule has 0 fully saturated rings. The highest BCUT2D eigenvalue weighted by atomic mass is 127. The molecule has 1 aromatic carbocycles. The first-order chi connectivity index (χ1) is 11.9. The van der Waals surface area contributed by atoms with E-state index in [4.69, 9.17) is 14.2 Å². The van der Waals surface area contributed by atoms with Gasteiger partial charge >= 0.3 is 0 Å². The Bertz CT molecular complexity index is 567. The molecule has 0 spiro atoms. The third-order valence-electron chi connectivity index (χ3n) is 3.77. The second-order valence-corrected chi connectivity index (χ2v) is 6.16. The number of hydrogen-bond donors (Lipinski definition) is 3. The second-order valence-electron chi connectivity index (χ2n) is 6.16. The summed E-state index contributed by atoms with van der Waals surface area (Å²) in [5.41, 5.74) is 0.305. The number of ether oxygens (including phenoxy) is 3. The van der Waals surface area contributed by atoms with Crippen molar-refractivity contribution in [2.24, 2.45) is 4.99 Å². The SMILES string of the molecule is CCNC(=NCC(C)(C)OC)NCC(O)c1cc(OC)ccc1OC.I. The van der Waals surface area contributed by atoms with E-state index in [1.54, 1.807) is 39.5 Å². The number of hydrogen-bond acceptors (Lipinski definition) is 5. The standard InChI is InChI=1S/C18H31N3O4.HI/c1-7-19-17(21-12-18(2,3)25-6)20-11-15(22)14-10-13(23-4)8-9-16(14)24-5;/h8-10,15,22H,7,11-12H2,1-6H3,(H2,19,20,21);1H. The maximum Gasteiger partial charge on any atom is 0.191 e. The fraction of sp³-hybridized carbons (Fsp3) is 0.611. The first kappa shape index (κ1) is 24.7. The maximum absolute atomic E-state index is 10.5. The smallest absolute Gasteiger partial charge is 0.191 e. The Morgan fingerprint density at radius 2 is 1.88 bits per heavy atom. The Hall–Kier alpha value is -1.26. The number of methoxy groups -OCH3 is 3. The van der Waals surface area contributed by atoms with Crippen molar-refractivity contribution in [1.29, 1.82) is 0 Å². The number of aliphatic hydroxyl groups is 1. The molecular weight excluding hydrogens is 449 g/mol. The highest BCUT2D eigenvalue weighted by molar-refractivity contribution is 14.0. The van der Waals surface area contributed by atoms with Crippen molar-refractivity contribution in [3.8, 4) is 11.5 Å². The van der Waals surface area contributed by atoms with E-state index in [1.807, 2.05) is 20.8 Å². The molecule has 0 heterocycles. The summed E-state index contributed by atoms with van der Waals surface area (Å²) in [6, 6.07) is 5.34. The van der Waals surface area contributed by atoms with Crippen LogP contribution in [0.15, 0.2) is 23.2 Å². The lowest BCUT2D eigenvalue weighted by atomic mass is 10.1. The monoisotopic (exact) mass is 481 g/mol. The van der Waals surface area contributed by atoms with Gasteiger partial charge in [-0.2, -0.15) is 0 Å². The van der Waals surface area contributed by atoms with Crippen LogP contribution in [-0.2, 0) is 4.74 Å². The van der Waals surface area contributed by atoms with Gasteiger partial charge in [-0.25, -0.2) is 0 Å². The van der Waals surface area contributed by atoms with Gasteiger partial charge in [0.1, 0.15) is 11.5 Å². The Labute approximate surface area is 173 Å². The van der Waals surface area contributed by atoms with Crippen LogP contribution in [0.25, 0.3) is 0 Å². The van der Waals surface area contributed by atoms with E-state index in [-0.39, 0.29) is 36.1 Å². The zero-order chi connectivity index (χ0) is 18.9. The summed E-state index contributed by atoms with van der Waals surface area (Å²) in [6.07, 6.45) is -0.774. The molecule has 0 saturated heterocycles. The van der Waals surface area contributed by atoms with Crippen molar-refractivity contribution in [3.05, 3.63) is 23.8 Å². The number of guanidine groups is 1. The minimum Gasteiger partial charge on any atom is -0.497 e. The highest BCUT2D eigenvalue weighted by Gasteiger charge is 2.17. The lowest BCUT2D eigenvalue weighted by molar-refractivity contribution is 0.0310. The van der Waals surface area contributed by atoms with E-state index in [9.17, 15) is 5.11 Å². The Kier molecular flexibility index (Phi) is 11.6. The summed E-state index contributed by atoms with van der Waals surface area (Å²) in [5, 5.41) is 16.8. The lowest BCUT2D eigenvalue weighted by Gasteiger charge is -2.22. The molecule has 0 amide bonds. The van der Waals surface area contributed by atoms with Gasteiger partial charge in [0.15, 0.2) is 5.96 Å². The van der Waals surface area contributed by atoms with Crippen LogP contribution in [0, 0.1) is 0 Å².